The van der Waals surface area contributed by atoms with E-state index < -0.39 is 17.9 Å². The van der Waals surface area contributed by atoms with E-state index in [1.807, 2.05) is 51.1 Å². The molecule has 1 fully saturated rings. The second-order valence-electron chi connectivity index (χ2n) is 7.45. The van der Waals surface area contributed by atoms with Crippen LogP contribution in [0.25, 0.3) is 0 Å². The Morgan fingerprint density at radius 1 is 1.10 bits per heavy atom. The molecule has 0 aliphatic carbocycles. The number of rotatable bonds is 8. The first-order chi connectivity index (χ1) is 14.5. The molecule has 0 spiro atoms. The minimum Gasteiger partial charge on any atom is -0.461 e. The first-order valence-corrected chi connectivity index (χ1v) is 11.3. The van der Waals surface area contributed by atoms with Crippen LogP contribution in [0, 0.1) is 5.92 Å². The fourth-order valence-electron chi connectivity index (χ4n) is 3.78. The summed E-state index contributed by atoms with van der Waals surface area (Å²) in [4.78, 5) is 26.6. The first kappa shape index (κ1) is 22.4. The van der Waals surface area contributed by atoms with Crippen LogP contribution in [0.3, 0.4) is 0 Å². The van der Waals surface area contributed by atoms with Gasteiger partial charge in [0.25, 0.3) is 0 Å². The molecule has 2 aliphatic heterocycles. The molecule has 0 aromatic heterocycles. The second kappa shape index (κ2) is 10.7. The van der Waals surface area contributed by atoms with Crippen molar-refractivity contribution in [1.82, 2.24) is 5.32 Å². The lowest BCUT2D eigenvalue weighted by Gasteiger charge is -2.28. The average molecular weight is 432 g/mol. The van der Waals surface area contributed by atoms with Gasteiger partial charge in [-0.2, -0.15) is 0 Å². The highest BCUT2D eigenvalue weighted by atomic mass is 32.2. The molecule has 2 atom stereocenters. The van der Waals surface area contributed by atoms with Crippen molar-refractivity contribution in [2.24, 2.45) is 5.92 Å². The number of allylic oxidation sites excluding steroid dienone is 2. The average Bonchev–Trinajstić information content (AvgIpc) is 3.24. The largest absolute Gasteiger partial charge is 0.461 e. The molecule has 1 aromatic carbocycles. The van der Waals surface area contributed by atoms with Crippen LogP contribution < -0.4 is 5.32 Å². The summed E-state index contributed by atoms with van der Waals surface area (Å²) >= 11 is 1.63. The maximum absolute atomic E-state index is 12.7. The van der Waals surface area contributed by atoms with E-state index in [1.165, 1.54) is 0 Å². The predicted molar refractivity (Wildman–Crippen MR) is 116 cm³/mol. The number of esters is 2. The predicted octanol–water partition coefficient (Wildman–Crippen LogP) is 3.83. The summed E-state index contributed by atoms with van der Waals surface area (Å²) in [6, 6.07) is 9.97. The zero-order chi connectivity index (χ0) is 21.5. The SMILES string of the molecule is CC1=C(C(=O)OCCSc2ccccc2)C(C)C(C(=O)OCC2CCCO2)=C(C)N1. The number of ether oxygens (including phenoxy) is 3. The van der Waals surface area contributed by atoms with E-state index in [1.54, 1.807) is 11.8 Å². The van der Waals surface area contributed by atoms with Crippen molar-refractivity contribution in [1.29, 1.82) is 0 Å². The maximum atomic E-state index is 12.7. The van der Waals surface area contributed by atoms with Crippen LogP contribution in [0.15, 0.2) is 57.8 Å². The highest BCUT2D eigenvalue weighted by Gasteiger charge is 2.34. The van der Waals surface area contributed by atoms with Crippen molar-refractivity contribution in [2.75, 3.05) is 25.6 Å². The summed E-state index contributed by atoms with van der Waals surface area (Å²) in [6.45, 7) is 6.73. The van der Waals surface area contributed by atoms with Crippen molar-refractivity contribution >= 4 is 23.7 Å². The molecule has 0 saturated carbocycles. The van der Waals surface area contributed by atoms with Gasteiger partial charge in [-0.3, -0.25) is 0 Å². The van der Waals surface area contributed by atoms with E-state index in [2.05, 4.69) is 5.32 Å². The van der Waals surface area contributed by atoms with Crippen LogP contribution in [0.5, 0.6) is 0 Å². The van der Waals surface area contributed by atoms with E-state index in [0.717, 1.165) is 17.7 Å². The van der Waals surface area contributed by atoms with Crippen molar-refractivity contribution in [3.05, 3.63) is 52.9 Å². The first-order valence-electron chi connectivity index (χ1n) is 10.3. The van der Waals surface area contributed by atoms with Crippen molar-refractivity contribution < 1.29 is 23.8 Å². The third-order valence-corrected chi connectivity index (χ3v) is 6.22. The summed E-state index contributed by atoms with van der Waals surface area (Å²) in [5.74, 6) is -0.564. The van der Waals surface area contributed by atoms with Crippen LogP contribution in [0.4, 0.5) is 0 Å². The van der Waals surface area contributed by atoms with Gasteiger partial charge in [0, 0.05) is 34.6 Å². The molecule has 0 radical (unpaired) electrons. The number of thioether (sulfide) groups is 1. The number of dihydropyridines is 1. The van der Waals surface area contributed by atoms with Gasteiger partial charge >= 0.3 is 11.9 Å². The lowest BCUT2D eigenvalue weighted by Crippen LogP contribution is -2.33. The third-order valence-electron chi connectivity index (χ3n) is 5.24. The molecular weight excluding hydrogens is 402 g/mol. The Balaban J connectivity index is 1.55. The van der Waals surface area contributed by atoms with Gasteiger partial charge in [-0.05, 0) is 38.8 Å². The topological polar surface area (TPSA) is 73.9 Å². The van der Waals surface area contributed by atoms with E-state index in [9.17, 15) is 9.59 Å². The highest BCUT2D eigenvalue weighted by molar-refractivity contribution is 7.99. The summed E-state index contributed by atoms with van der Waals surface area (Å²) in [7, 11) is 0. The van der Waals surface area contributed by atoms with Gasteiger partial charge in [-0.15, -0.1) is 11.8 Å². The fourth-order valence-corrected chi connectivity index (χ4v) is 4.53. The Kier molecular flexibility index (Phi) is 7.99. The fraction of sp³-hybridized carbons (Fsp3) is 0.478. The third kappa shape index (κ3) is 5.67. The smallest absolute Gasteiger partial charge is 0.336 e. The molecule has 6 nitrogen and oxygen atoms in total. The van der Waals surface area contributed by atoms with Crippen LogP contribution >= 0.6 is 11.8 Å². The molecule has 1 saturated heterocycles. The molecule has 3 rings (SSSR count). The normalized spacial score (nSPS) is 21.4. The van der Waals surface area contributed by atoms with Crippen LogP contribution in [0.1, 0.15) is 33.6 Å². The molecule has 162 valence electrons. The molecular formula is C23H29NO5S. The Hall–Kier alpha value is -2.25. The molecule has 2 heterocycles. The zero-order valence-electron chi connectivity index (χ0n) is 17.7. The Morgan fingerprint density at radius 2 is 1.77 bits per heavy atom. The molecule has 7 heteroatoms. The number of hydrogen-bond donors (Lipinski definition) is 1. The minimum absolute atomic E-state index is 0.0365. The molecule has 0 amide bonds. The number of benzene rings is 1. The van der Waals surface area contributed by atoms with E-state index in [4.69, 9.17) is 14.2 Å². The van der Waals surface area contributed by atoms with E-state index >= 15 is 0 Å². The quantitative estimate of drug-likeness (QED) is 0.381. The van der Waals surface area contributed by atoms with Crippen molar-refractivity contribution in [3.63, 3.8) is 0 Å². The molecule has 30 heavy (non-hydrogen) atoms. The number of carbonyl (C=O) groups excluding carboxylic acids is 2. The summed E-state index contributed by atoms with van der Waals surface area (Å²) < 4.78 is 16.5. The standard InChI is InChI=1S/C23H29NO5S/c1-15-20(22(25)28-12-13-30-19-9-5-4-6-10-19)16(2)24-17(3)21(15)23(26)29-14-18-8-7-11-27-18/h4-6,9-10,15,18,24H,7-8,11-14H2,1-3H3. The van der Waals surface area contributed by atoms with Gasteiger partial charge in [0.1, 0.15) is 13.2 Å². The van der Waals surface area contributed by atoms with Crippen LogP contribution in [0.2, 0.25) is 0 Å². The Bertz CT molecular complexity index is 827. The Morgan fingerprint density at radius 3 is 2.40 bits per heavy atom. The van der Waals surface area contributed by atoms with Gasteiger partial charge < -0.3 is 19.5 Å². The van der Waals surface area contributed by atoms with Gasteiger partial charge in [0.05, 0.1) is 17.3 Å². The molecule has 1 N–H and O–H groups in total. The second-order valence-corrected chi connectivity index (χ2v) is 8.62. The lowest BCUT2D eigenvalue weighted by atomic mass is 9.87. The zero-order valence-corrected chi connectivity index (χ0v) is 18.6. The minimum atomic E-state index is -0.416. The summed E-state index contributed by atoms with van der Waals surface area (Å²) in [6.07, 6.45) is 1.85. The molecule has 0 bridgehead atoms. The summed E-state index contributed by atoms with van der Waals surface area (Å²) in [5, 5.41) is 3.14. The number of hydrogen-bond acceptors (Lipinski definition) is 7. The summed E-state index contributed by atoms with van der Waals surface area (Å²) in [5.41, 5.74) is 2.34. The van der Waals surface area contributed by atoms with Gasteiger partial charge in [-0.25, -0.2) is 9.59 Å². The van der Waals surface area contributed by atoms with E-state index in [0.29, 0.717) is 41.5 Å². The molecule has 2 unspecified atom stereocenters. The van der Waals surface area contributed by atoms with Gasteiger partial charge in [-0.1, -0.05) is 25.1 Å². The highest BCUT2D eigenvalue weighted by Crippen LogP contribution is 2.31. The van der Waals surface area contributed by atoms with Crippen molar-refractivity contribution in [2.45, 2.75) is 44.6 Å². The van der Waals surface area contributed by atoms with E-state index in [-0.39, 0.29) is 12.7 Å². The monoisotopic (exact) mass is 431 g/mol. The maximum Gasteiger partial charge on any atom is 0.336 e. The molecule has 1 aromatic rings. The van der Waals surface area contributed by atoms with Crippen LogP contribution in [-0.4, -0.2) is 43.6 Å². The van der Waals surface area contributed by atoms with Crippen molar-refractivity contribution in [3.8, 4) is 0 Å². The van der Waals surface area contributed by atoms with Crippen LogP contribution in [-0.2, 0) is 23.8 Å². The number of nitrogens with one attached hydrogen (secondary N) is 1. The lowest BCUT2D eigenvalue weighted by molar-refractivity contribution is -0.143. The number of carbonyl (C=O) groups is 2. The Labute approximate surface area is 182 Å². The van der Waals surface area contributed by atoms with Gasteiger partial charge in [0.15, 0.2) is 0 Å². The molecule has 2 aliphatic rings. The van der Waals surface area contributed by atoms with Gasteiger partial charge in [0.2, 0.25) is 0 Å².